The monoisotopic (exact) mass is 341 g/mol. The zero-order chi connectivity index (χ0) is 17.6. The molecule has 130 valence electrons. The van der Waals surface area contributed by atoms with Gasteiger partial charge in [0.15, 0.2) is 5.82 Å². The molecule has 1 aromatic carbocycles. The van der Waals surface area contributed by atoms with Crippen molar-refractivity contribution in [3.63, 3.8) is 0 Å². The first-order valence-corrected chi connectivity index (χ1v) is 7.94. The van der Waals surface area contributed by atoms with Gasteiger partial charge in [-0.2, -0.15) is 4.98 Å². The molecule has 0 aliphatic rings. The van der Waals surface area contributed by atoms with Crippen molar-refractivity contribution in [1.29, 1.82) is 0 Å². The molecule has 9 heteroatoms. The van der Waals surface area contributed by atoms with Crippen molar-refractivity contribution in [1.82, 2.24) is 35.2 Å². The average Bonchev–Trinajstić information content (AvgIpc) is 3.29. The second-order valence-corrected chi connectivity index (χ2v) is 5.73. The smallest absolute Gasteiger partial charge is 0.247 e. The van der Waals surface area contributed by atoms with E-state index in [4.69, 9.17) is 4.52 Å². The predicted molar refractivity (Wildman–Crippen MR) is 87.4 cm³/mol. The number of nitrogens with zero attached hydrogens (tertiary/aromatic N) is 7. The summed E-state index contributed by atoms with van der Waals surface area (Å²) in [6, 6.07) is 9.28. The first-order chi connectivity index (χ1) is 12.1. The lowest BCUT2D eigenvalue weighted by Crippen LogP contribution is -2.37. The summed E-state index contributed by atoms with van der Waals surface area (Å²) in [5.41, 5.74) is 1.04. The minimum atomic E-state index is -0.505. The second kappa shape index (κ2) is 7.65. The van der Waals surface area contributed by atoms with Gasteiger partial charge in [-0.25, -0.2) is 4.68 Å². The Morgan fingerprint density at radius 2 is 2.12 bits per heavy atom. The van der Waals surface area contributed by atoms with Gasteiger partial charge < -0.3 is 9.42 Å². The number of tetrazole rings is 1. The van der Waals surface area contributed by atoms with E-state index in [0.29, 0.717) is 31.1 Å². The summed E-state index contributed by atoms with van der Waals surface area (Å²) in [4.78, 5) is 18.7. The largest absolute Gasteiger partial charge is 0.343 e. The topological polar surface area (TPSA) is 103 Å². The number of benzene rings is 1. The number of rotatable bonds is 7. The molecule has 0 bridgehead atoms. The molecule has 0 aliphatic carbocycles. The van der Waals surface area contributed by atoms with Gasteiger partial charge >= 0.3 is 0 Å². The Hall–Kier alpha value is -3.10. The number of carbonyl (C=O) groups excluding carboxylic acids is 1. The molecular formula is C16H19N7O2. The van der Waals surface area contributed by atoms with Crippen LogP contribution in [0.15, 0.2) is 41.2 Å². The van der Waals surface area contributed by atoms with Crippen molar-refractivity contribution in [3.05, 3.63) is 53.9 Å². The summed E-state index contributed by atoms with van der Waals surface area (Å²) in [5.74, 6) is 1.02. The summed E-state index contributed by atoms with van der Waals surface area (Å²) >= 11 is 0. The van der Waals surface area contributed by atoms with Gasteiger partial charge in [-0.15, -0.1) is 5.10 Å². The van der Waals surface area contributed by atoms with E-state index < -0.39 is 6.04 Å². The molecule has 1 atom stereocenters. The number of hydrogen-bond donors (Lipinski definition) is 0. The van der Waals surface area contributed by atoms with E-state index in [1.165, 1.54) is 11.0 Å². The van der Waals surface area contributed by atoms with Crippen molar-refractivity contribution in [2.75, 3.05) is 13.6 Å². The molecule has 0 N–H and O–H groups in total. The molecule has 0 radical (unpaired) electrons. The first kappa shape index (κ1) is 16.7. The van der Waals surface area contributed by atoms with E-state index in [-0.39, 0.29) is 5.91 Å². The van der Waals surface area contributed by atoms with E-state index in [1.807, 2.05) is 30.3 Å². The van der Waals surface area contributed by atoms with Gasteiger partial charge in [0.2, 0.25) is 11.8 Å². The van der Waals surface area contributed by atoms with Crippen molar-refractivity contribution in [2.24, 2.45) is 0 Å². The van der Waals surface area contributed by atoms with Gasteiger partial charge in [0.1, 0.15) is 12.4 Å². The summed E-state index contributed by atoms with van der Waals surface area (Å²) in [5, 5.41) is 15.1. The highest BCUT2D eigenvalue weighted by Crippen LogP contribution is 2.16. The lowest BCUT2D eigenvalue weighted by Gasteiger charge is -2.23. The van der Waals surface area contributed by atoms with Crippen LogP contribution < -0.4 is 0 Å². The molecule has 0 saturated carbocycles. The molecule has 1 unspecified atom stereocenters. The standard InChI is InChI=1S/C16H19N7O2/c1-12-18-15(19-25-12)8-9-22(2)16(24)14(23-11-17-20-21-23)10-13-6-4-3-5-7-13/h3-7,11,14H,8-10H2,1-2H3. The number of aromatic nitrogens is 6. The van der Waals surface area contributed by atoms with Crippen molar-refractivity contribution in [3.8, 4) is 0 Å². The summed E-state index contributed by atoms with van der Waals surface area (Å²) < 4.78 is 6.44. The van der Waals surface area contributed by atoms with Crippen molar-refractivity contribution < 1.29 is 9.32 Å². The highest BCUT2D eigenvalue weighted by atomic mass is 16.5. The molecule has 1 amide bonds. The van der Waals surface area contributed by atoms with Crippen LogP contribution in [0, 0.1) is 6.92 Å². The van der Waals surface area contributed by atoms with Gasteiger partial charge in [0.05, 0.1) is 0 Å². The highest BCUT2D eigenvalue weighted by molar-refractivity contribution is 5.80. The molecule has 25 heavy (non-hydrogen) atoms. The highest BCUT2D eigenvalue weighted by Gasteiger charge is 2.25. The lowest BCUT2D eigenvalue weighted by atomic mass is 10.1. The van der Waals surface area contributed by atoms with Gasteiger partial charge in [-0.3, -0.25) is 4.79 Å². The predicted octanol–water partition coefficient (Wildman–Crippen LogP) is 0.849. The maximum Gasteiger partial charge on any atom is 0.247 e. The van der Waals surface area contributed by atoms with Crippen LogP contribution in [0.2, 0.25) is 0 Å². The van der Waals surface area contributed by atoms with Gasteiger partial charge in [-0.1, -0.05) is 35.5 Å². The number of amides is 1. The number of carbonyl (C=O) groups is 1. The Bertz CT molecular complexity index is 801. The fraction of sp³-hybridized carbons (Fsp3) is 0.375. The molecule has 9 nitrogen and oxygen atoms in total. The molecule has 0 fully saturated rings. The number of likely N-dealkylation sites (N-methyl/N-ethyl adjacent to an activating group) is 1. The molecule has 3 aromatic rings. The third-order valence-electron chi connectivity index (χ3n) is 3.86. The van der Waals surface area contributed by atoms with Gasteiger partial charge in [0, 0.05) is 33.4 Å². The fourth-order valence-corrected chi connectivity index (χ4v) is 2.52. The molecule has 3 rings (SSSR count). The SMILES string of the molecule is Cc1nc(CCN(C)C(=O)C(Cc2ccccc2)n2cnnn2)no1. The normalized spacial score (nSPS) is 12.1. The van der Waals surface area contributed by atoms with E-state index in [0.717, 1.165) is 5.56 Å². The Balaban J connectivity index is 1.69. The Morgan fingerprint density at radius 1 is 1.32 bits per heavy atom. The van der Waals surface area contributed by atoms with Crippen LogP contribution in [0.5, 0.6) is 0 Å². The zero-order valence-electron chi connectivity index (χ0n) is 14.1. The van der Waals surface area contributed by atoms with Crippen LogP contribution in [0.25, 0.3) is 0 Å². The van der Waals surface area contributed by atoms with Crippen molar-refractivity contribution in [2.45, 2.75) is 25.8 Å². The van der Waals surface area contributed by atoms with Crippen LogP contribution in [0.4, 0.5) is 0 Å². The first-order valence-electron chi connectivity index (χ1n) is 7.94. The van der Waals surface area contributed by atoms with Crippen LogP contribution in [0.1, 0.15) is 23.3 Å². The maximum atomic E-state index is 12.9. The van der Waals surface area contributed by atoms with Crippen molar-refractivity contribution >= 4 is 5.91 Å². The molecule has 2 aromatic heterocycles. The lowest BCUT2D eigenvalue weighted by molar-refractivity contribution is -0.133. The average molecular weight is 341 g/mol. The molecular weight excluding hydrogens is 322 g/mol. The van der Waals surface area contributed by atoms with Gasteiger partial charge in [-0.05, 0) is 16.0 Å². The summed E-state index contributed by atoms with van der Waals surface area (Å²) in [7, 11) is 1.75. The van der Waals surface area contributed by atoms with Crippen LogP contribution in [-0.2, 0) is 17.6 Å². The van der Waals surface area contributed by atoms with Crippen LogP contribution >= 0.6 is 0 Å². The molecule has 0 saturated heterocycles. The third-order valence-corrected chi connectivity index (χ3v) is 3.86. The zero-order valence-corrected chi connectivity index (χ0v) is 14.1. The number of hydrogen-bond acceptors (Lipinski definition) is 7. The van der Waals surface area contributed by atoms with E-state index in [1.54, 1.807) is 18.9 Å². The summed E-state index contributed by atoms with van der Waals surface area (Å²) in [6.07, 6.45) is 2.49. The molecule has 0 aliphatic heterocycles. The van der Waals surface area contributed by atoms with E-state index in [9.17, 15) is 4.79 Å². The second-order valence-electron chi connectivity index (χ2n) is 5.73. The maximum absolute atomic E-state index is 12.9. The van der Waals surface area contributed by atoms with Gasteiger partial charge in [0.25, 0.3) is 0 Å². The van der Waals surface area contributed by atoms with E-state index in [2.05, 4.69) is 25.7 Å². The quantitative estimate of drug-likeness (QED) is 0.627. The Labute approximate surface area is 144 Å². The minimum Gasteiger partial charge on any atom is -0.343 e. The Kier molecular flexibility index (Phi) is 5.12. The van der Waals surface area contributed by atoms with Crippen LogP contribution in [0.3, 0.4) is 0 Å². The molecule has 0 spiro atoms. The van der Waals surface area contributed by atoms with Crippen LogP contribution in [-0.4, -0.2) is 54.7 Å². The Morgan fingerprint density at radius 3 is 2.76 bits per heavy atom. The van der Waals surface area contributed by atoms with E-state index >= 15 is 0 Å². The molecule has 2 heterocycles. The number of aryl methyl sites for hydroxylation is 1. The summed E-state index contributed by atoms with van der Waals surface area (Å²) in [6.45, 7) is 2.21. The fourth-order valence-electron chi connectivity index (χ4n) is 2.52. The third kappa shape index (κ3) is 4.25. The minimum absolute atomic E-state index is 0.0728.